The first-order chi connectivity index (χ1) is 16.1. The van der Waals surface area contributed by atoms with Gasteiger partial charge in [0.25, 0.3) is 0 Å². The smallest absolute Gasteiger partial charge is 0.196 e. The van der Waals surface area contributed by atoms with E-state index >= 15 is 0 Å². The Hall–Kier alpha value is -3.78. The zero-order chi connectivity index (χ0) is 23.2. The third-order valence-corrected chi connectivity index (χ3v) is 5.95. The Balaban J connectivity index is 1.66. The highest BCUT2D eigenvalue weighted by Gasteiger charge is 2.19. The third-order valence-electron chi connectivity index (χ3n) is 5.02. The molecule has 0 N–H and O–H groups in total. The van der Waals surface area contributed by atoms with Crippen molar-refractivity contribution in [2.24, 2.45) is 0 Å². The molecule has 0 unspecified atom stereocenters. The number of thioether (sulfide) groups is 1. The van der Waals surface area contributed by atoms with Gasteiger partial charge in [-0.15, -0.1) is 10.2 Å². The van der Waals surface area contributed by atoms with Crippen LogP contribution in [0.15, 0.2) is 78.0 Å². The van der Waals surface area contributed by atoms with Crippen LogP contribution in [0.1, 0.15) is 10.4 Å². The fourth-order valence-electron chi connectivity index (χ4n) is 3.36. The number of benzene rings is 3. The zero-order valence-electron chi connectivity index (χ0n) is 18.5. The largest absolute Gasteiger partial charge is 0.497 e. The van der Waals surface area contributed by atoms with Gasteiger partial charge in [-0.2, -0.15) is 0 Å². The summed E-state index contributed by atoms with van der Waals surface area (Å²) in [4.78, 5) is 13.0. The Morgan fingerprint density at radius 2 is 1.61 bits per heavy atom. The number of carbonyl (C=O) groups is 1. The molecule has 0 radical (unpaired) electrons. The number of hydrogen-bond acceptors (Lipinski definition) is 7. The van der Waals surface area contributed by atoms with Crippen molar-refractivity contribution >= 4 is 17.5 Å². The number of para-hydroxylation sites is 1. The van der Waals surface area contributed by atoms with Gasteiger partial charge in [0.2, 0.25) is 0 Å². The summed E-state index contributed by atoms with van der Waals surface area (Å²) in [5, 5.41) is 9.43. The number of aromatic nitrogens is 3. The van der Waals surface area contributed by atoms with Crippen LogP contribution in [0.5, 0.6) is 17.2 Å². The molecule has 1 heterocycles. The lowest BCUT2D eigenvalue weighted by atomic mass is 10.1. The number of hydrogen-bond donors (Lipinski definition) is 0. The second kappa shape index (κ2) is 10.2. The Kier molecular flexibility index (Phi) is 6.95. The highest BCUT2D eigenvalue weighted by molar-refractivity contribution is 7.99. The predicted octanol–water partition coefficient (Wildman–Crippen LogP) is 4.94. The lowest BCUT2D eigenvalue weighted by Gasteiger charge is -2.12. The molecule has 0 saturated heterocycles. The highest BCUT2D eigenvalue weighted by atomic mass is 32.2. The predicted molar refractivity (Wildman–Crippen MR) is 128 cm³/mol. The van der Waals surface area contributed by atoms with Crippen LogP contribution in [0.2, 0.25) is 0 Å². The van der Waals surface area contributed by atoms with E-state index in [4.69, 9.17) is 14.2 Å². The maximum Gasteiger partial charge on any atom is 0.196 e. The Labute approximate surface area is 196 Å². The molecular formula is C25H23N3O4S. The lowest BCUT2D eigenvalue weighted by Crippen LogP contribution is -2.07. The molecule has 0 fully saturated rings. The van der Waals surface area contributed by atoms with Gasteiger partial charge in [-0.1, -0.05) is 42.1 Å². The number of rotatable bonds is 9. The standard InChI is InChI=1S/C25H23N3O4S/c1-30-19-11-7-8-17(14-19)24-26-27-25(28(24)18-9-5-4-6-10-18)33-16-22(29)21-13-12-20(31-2)15-23(21)32-3/h4-15H,16H2,1-3H3. The molecule has 0 spiro atoms. The van der Waals surface area contributed by atoms with Crippen molar-refractivity contribution in [3.05, 3.63) is 78.4 Å². The molecule has 168 valence electrons. The molecule has 0 aliphatic heterocycles. The minimum absolute atomic E-state index is 0.0787. The molecule has 1 aromatic heterocycles. The van der Waals surface area contributed by atoms with Crippen LogP contribution in [0.25, 0.3) is 17.1 Å². The summed E-state index contributed by atoms with van der Waals surface area (Å²) in [6.45, 7) is 0. The van der Waals surface area contributed by atoms with Gasteiger partial charge < -0.3 is 14.2 Å². The zero-order valence-corrected chi connectivity index (χ0v) is 19.3. The number of carbonyl (C=O) groups excluding carboxylic acids is 1. The van der Waals surface area contributed by atoms with Gasteiger partial charge in [-0.3, -0.25) is 9.36 Å². The summed E-state index contributed by atoms with van der Waals surface area (Å²) in [5.41, 5.74) is 2.25. The van der Waals surface area contributed by atoms with Gasteiger partial charge in [0.1, 0.15) is 17.2 Å². The minimum Gasteiger partial charge on any atom is -0.497 e. The molecule has 0 aliphatic rings. The molecule has 0 saturated carbocycles. The molecule has 0 atom stereocenters. The Bertz CT molecular complexity index is 1260. The van der Waals surface area contributed by atoms with Crippen LogP contribution < -0.4 is 14.2 Å². The van der Waals surface area contributed by atoms with Crippen molar-refractivity contribution in [1.82, 2.24) is 14.8 Å². The summed E-state index contributed by atoms with van der Waals surface area (Å²) >= 11 is 1.32. The van der Waals surface area contributed by atoms with E-state index < -0.39 is 0 Å². The monoisotopic (exact) mass is 461 g/mol. The molecule has 0 amide bonds. The minimum atomic E-state index is -0.0787. The van der Waals surface area contributed by atoms with Crippen LogP contribution >= 0.6 is 11.8 Å². The number of Topliss-reactive ketones (excluding diaryl/α,β-unsaturated/α-hetero) is 1. The van der Waals surface area contributed by atoms with Crippen LogP contribution in [0.4, 0.5) is 0 Å². The molecule has 4 aromatic rings. The molecule has 8 heteroatoms. The van der Waals surface area contributed by atoms with Gasteiger partial charge in [-0.05, 0) is 36.4 Å². The number of ketones is 1. The molecule has 0 bridgehead atoms. The van der Waals surface area contributed by atoms with E-state index in [1.165, 1.54) is 18.9 Å². The summed E-state index contributed by atoms with van der Waals surface area (Å²) < 4.78 is 17.9. The van der Waals surface area contributed by atoms with Crippen molar-refractivity contribution in [2.45, 2.75) is 5.16 Å². The molecule has 3 aromatic carbocycles. The SMILES string of the molecule is COc1cccc(-c2nnc(SCC(=O)c3ccc(OC)cc3OC)n2-c2ccccc2)c1. The number of nitrogens with zero attached hydrogens (tertiary/aromatic N) is 3. The first-order valence-corrected chi connectivity index (χ1v) is 11.2. The van der Waals surface area contributed by atoms with Gasteiger partial charge >= 0.3 is 0 Å². The van der Waals surface area contributed by atoms with E-state index in [1.54, 1.807) is 32.4 Å². The van der Waals surface area contributed by atoms with Gasteiger partial charge in [0.15, 0.2) is 16.8 Å². The second-order valence-electron chi connectivity index (χ2n) is 6.99. The maximum atomic E-state index is 13.0. The van der Waals surface area contributed by atoms with Crippen molar-refractivity contribution in [2.75, 3.05) is 27.1 Å². The quantitative estimate of drug-likeness (QED) is 0.258. The van der Waals surface area contributed by atoms with E-state index in [0.717, 1.165) is 17.0 Å². The average molecular weight is 462 g/mol. The molecule has 33 heavy (non-hydrogen) atoms. The van der Waals surface area contributed by atoms with Gasteiger partial charge in [0, 0.05) is 17.3 Å². The Morgan fingerprint density at radius 1 is 0.848 bits per heavy atom. The van der Waals surface area contributed by atoms with Crippen LogP contribution in [0.3, 0.4) is 0 Å². The maximum absolute atomic E-state index is 13.0. The normalized spacial score (nSPS) is 10.6. The number of methoxy groups -OCH3 is 3. The van der Waals surface area contributed by atoms with E-state index in [-0.39, 0.29) is 11.5 Å². The highest BCUT2D eigenvalue weighted by Crippen LogP contribution is 2.31. The van der Waals surface area contributed by atoms with Crippen molar-refractivity contribution in [3.63, 3.8) is 0 Å². The summed E-state index contributed by atoms with van der Waals surface area (Å²) in [5.74, 6) is 2.59. The summed E-state index contributed by atoms with van der Waals surface area (Å²) in [6.07, 6.45) is 0. The van der Waals surface area contributed by atoms with E-state index in [9.17, 15) is 4.79 Å². The Morgan fingerprint density at radius 3 is 2.33 bits per heavy atom. The van der Waals surface area contributed by atoms with E-state index in [0.29, 0.717) is 28.0 Å². The fourth-order valence-corrected chi connectivity index (χ4v) is 4.19. The molecular weight excluding hydrogens is 438 g/mol. The van der Waals surface area contributed by atoms with Gasteiger partial charge in [0.05, 0.1) is 32.6 Å². The van der Waals surface area contributed by atoms with Crippen molar-refractivity contribution < 1.29 is 19.0 Å². The van der Waals surface area contributed by atoms with Crippen molar-refractivity contribution in [3.8, 4) is 34.3 Å². The van der Waals surface area contributed by atoms with Crippen molar-refractivity contribution in [1.29, 1.82) is 0 Å². The van der Waals surface area contributed by atoms with E-state index in [2.05, 4.69) is 10.2 Å². The van der Waals surface area contributed by atoms with E-state index in [1.807, 2.05) is 59.2 Å². The molecule has 7 nitrogen and oxygen atoms in total. The number of ether oxygens (including phenoxy) is 3. The molecule has 4 rings (SSSR count). The fraction of sp³-hybridized carbons (Fsp3) is 0.160. The topological polar surface area (TPSA) is 75.5 Å². The first kappa shape index (κ1) is 22.4. The summed E-state index contributed by atoms with van der Waals surface area (Å²) in [6, 6.07) is 22.6. The summed E-state index contributed by atoms with van der Waals surface area (Å²) in [7, 11) is 4.73. The van der Waals surface area contributed by atoms with Crippen LogP contribution in [0, 0.1) is 0 Å². The lowest BCUT2D eigenvalue weighted by molar-refractivity contribution is 0.101. The van der Waals surface area contributed by atoms with Gasteiger partial charge in [-0.25, -0.2) is 0 Å². The molecule has 0 aliphatic carbocycles. The van der Waals surface area contributed by atoms with Crippen LogP contribution in [-0.4, -0.2) is 47.6 Å². The van der Waals surface area contributed by atoms with Crippen LogP contribution in [-0.2, 0) is 0 Å². The first-order valence-electron chi connectivity index (χ1n) is 10.2. The second-order valence-corrected chi connectivity index (χ2v) is 7.93. The third kappa shape index (κ3) is 4.85. The average Bonchev–Trinajstić information content (AvgIpc) is 3.31.